The number of hydrogen-bond donors (Lipinski definition) is 0. The van der Waals surface area contributed by atoms with Crippen LogP contribution in [0.4, 0.5) is 0 Å². The molecule has 0 aliphatic rings. The number of rotatable bonds is 8. The maximum absolute atomic E-state index is 5.88. The van der Waals surface area contributed by atoms with Gasteiger partial charge in [-0.15, -0.1) is 0 Å². The first kappa shape index (κ1) is 17.7. The summed E-state index contributed by atoms with van der Waals surface area (Å²) >= 11 is 0. The topological polar surface area (TPSA) is 44.7 Å². The second-order valence-corrected chi connectivity index (χ2v) is 5.98. The molecule has 0 aliphatic heterocycles. The van der Waals surface area contributed by atoms with Crippen LogP contribution in [-0.2, 0) is 13.2 Å². The molecule has 0 radical (unpaired) electrons. The molecular formula is C22H22O4. The molecule has 0 N–H and O–H groups in total. The Balaban J connectivity index is 1.65. The van der Waals surface area contributed by atoms with E-state index < -0.39 is 0 Å². The molecule has 3 aromatic rings. The maximum Gasteiger partial charge on any atom is 0.146 e. The lowest BCUT2D eigenvalue weighted by atomic mass is 10.1. The van der Waals surface area contributed by atoms with Crippen molar-refractivity contribution >= 4 is 12.2 Å². The molecule has 0 saturated carbocycles. The van der Waals surface area contributed by atoms with Crippen molar-refractivity contribution in [2.45, 2.75) is 27.1 Å². The molecule has 0 unspecified atom stereocenters. The molecule has 2 aromatic heterocycles. The predicted octanol–water partition coefficient (Wildman–Crippen LogP) is 5.93. The van der Waals surface area contributed by atoms with E-state index in [-0.39, 0.29) is 0 Å². The molecule has 0 amide bonds. The monoisotopic (exact) mass is 350 g/mol. The van der Waals surface area contributed by atoms with Gasteiger partial charge in [-0.05, 0) is 73.5 Å². The molecule has 0 saturated heterocycles. The highest BCUT2D eigenvalue weighted by molar-refractivity contribution is 5.45. The van der Waals surface area contributed by atoms with Crippen LogP contribution in [0, 0.1) is 13.8 Å². The molecule has 2 heterocycles. The van der Waals surface area contributed by atoms with E-state index in [4.69, 9.17) is 18.3 Å². The van der Waals surface area contributed by atoms with Crippen molar-refractivity contribution in [2.75, 3.05) is 0 Å². The third-order valence-electron chi connectivity index (χ3n) is 3.98. The predicted molar refractivity (Wildman–Crippen MR) is 102 cm³/mol. The van der Waals surface area contributed by atoms with Crippen molar-refractivity contribution in [1.82, 2.24) is 0 Å². The fourth-order valence-corrected chi connectivity index (χ4v) is 2.54. The van der Waals surface area contributed by atoms with Crippen LogP contribution < -0.4 is 9.47 Å². The van der Waals surface area contributed by atoms with E-state index in [1.165, 1.54) is 0 Å². The van der Waals surface area contributed by atoms with Crippen LogP contribution >= 0.6 is 0 Å². The van der Waals surface area contributed by atoms with Crippen molar-refractivity contribution < 1.29 is 18.3 Å². The Hall–Kier alpha value is -3.14. The molecule has 0 aliphatic carbocycles. The number of furan rings is 2. The maximum atomic E-state index is 5.88. The molecule has 1 aromatic carbocycles. The first-order chi connectivity index (χ1) is 12.6. The Bertz CT molecular complexity index is 838. The minimum absolute atomic E-state index is 0.366. The van der Waals surface area contributed by atoms with Crippen LogP contribution in [0.3, 0.4) is 0 Å². The van der Waals surface area contributed by atoms with Gasteiger partial charge in [0.2, 0.25) is 0 Å². The highest BCUT2D eigenvalue weighted by Crippen LogP contribution is 2.29. The molecule has 0 atom stereocenters. The smallest absolute Gasteiger partial charge is 0.146 e. The summed E-state index contributed by atoms with van der Waals surface area (Å²) in [6, 6.07) is 11.5. The minimum Gasteiger partial charge on any atom is -0.485 e. The fourth-order valence-electron chi connectivity index (χ4n) is 2.54. The zero-order valence-electron chi connectivity index (χ0n) is 15.1. The lowest BCUT2D eigenvalue weighted by molar-refractivity contribution is 0.260. The first-order valence-electron chi connectivity index (χ1n) is 8.38. The van der Waals surface area contributed by atoms with Gasteiger partial charge in [-0.3, -0.25) is 0 Å². The summed E-state index contributed by atoms with van der Waals surface area (Å²) in [7, 11) is 0. The summed E-state index contributed by atoms with van der Waals surface area (Å²) < 4.78 is 22.9. The van der Waals surface area contributed by atoms with Crippen LogP contribution in [0.25, 0.3) is 12.2 Å². The largest absolute Gasteiger partial charge is 0.485 e. The average molecular weight is 350 g/mol. The summed E-state index contributed by atoms with van der Waals surface area (Å²) in [5.74, 6) is 4.59. The van der Waals surface area contributed by atoms with Gasteiger partial charge in [0, 0.05) is 0 Å². The molecule has 0 spiro atoms. The van der Waals surface area contributed by atoms with Crippen LogP contribution in [0.2, 0.25) is 0 Å². The average Bonchev–Trinajstić information content (AvgIpc) is 3.29. The van der Waals surface area contributed by atoms with Crippen LogP contribution in [0.1, 0.15) is 34.2 Å². The van der Waals surface area contributed by atoms with Gasteiger partial charge in [-0.1, -0.05) is 13.2 Å². The fraction of sp³-hybridized carbons (Fsp3) is 0.182. The highest BCUT2D eigenvalue weighted by atomic mass is 16.5. The number of benzene rings is 1. The molecule has 3 rings (SSSR count). The molecule has 26 heavy (non-hydrogen) atoms. The van der Waals surface area contributed by atoms with Crippen LogP contribution in [0.5, 0.6) is 11.5 Å². The Morgan fingerprint density at radius 1 is 0.769 bits per heavy atom. The second kappa shape index (κ2) is 7.83. The quantitative estimate of drug-likeness (QED) is 0.505. The standard InChI is InChI=1S/C22H22O4/c1-5-17-7-9-19(25-17)13-23-21-11-16(4)22(12-15(21)3)24-14-20-10-8-18(6-2)26-20/h5-12H,1-2,13-14H2,3-4H3. The Kier molecular flexibility index (Phi) is 5.32. The lowest BCUT2D eigenvalue weighted by Crippen LogP contribution is -2.00. The van der Waals surface area contributed by atoms with Crippen molar-refractivity contribution in [1.29, 1.82) is 0 Å². The van der Waals surface area contributed by atoms with E-state index in [1.54, 1.807) is 12.2 Å². The van der Waals surface area contributed by atoms with E-state index in [0.29, 0.717) is 13.2 Å². The molecular weight excluding hydrogens is 328 g/mol. The van der Waals surface area contributed by atoms with Crippen molar-refractivity contribution in [2.24, 2.45) is 0 Å². The third-order valence-corrected chi connectivity index (χ3v) is 3.98. The van der Waals surface area contributed by atoms with E-state index in [9.17, 15) is 0 Å². The summed E-state index contributed by atoms with van der Waals surface area (Å²) in [5, 5.41) is 0. The molecule has 4 heteroatoms. The summed E-state index contributed by atoms with van der Waals surface area (Å²) in [4.78, 5) is 0. The third kappa shape index (κ3) is 4.09. The van der Waals surface area contributed by atoms with Gasteiger partial charge in [0.15, 0.2) is 0 Å². The van der Waals surface area contributed by atoms with Gasteiger partial charge in [0.1, 0.15) is 47.8 Å². The lowest BCUT2D eigenvalue weighted by Gasteiger charge is -2.13. The van der Waals surface area contributed by atoms with E-state index in [1.807, 2.05) is 50.2 Å². The van der Waals surface area contributed by atoms with Gasteiger partial charge < -0.3 is 18.3 Å². The molecule has 134 valence electrons. The zero-order chi connectivity index (χ0) is 18.5. The first-order valence-corrected chi connectivity index (χ1v) is 8.38. The number of aryl methyl sites for hydroxylation is 2. The van der Waals surface area contributed by atoms with Crippen molar-refractivity contribution in [3.8, 4) is 11.5 Å². The summed E-state index contributed by atoms with van der Waals surface area (Å²) in [5.41, 5.74) is 1.99. The second-order valence-electron chi connectivity index (χ2n) is 5.98. The van der Waals surface area contributed by atoms with Crippen molar-refractivity contribution in [3.05, 3.63) is 83.7 Å². The number of hydrogen-bond acceptors (Lipinski definition) is 4. The van der Waals surface area contributed by atoms with E-state index in [0.717, 1.165) is 45.7 Å². The summed E-state index contributed by atoms with van der Waals surface area (Å²) in [6.45, 7) is 12.1. The van der Waals surface area contributed by atoms with Crippen LogP contribution in [-0.4, -0.2) is 0 Å². The molecule has 0 bridgehead atoms. The normalized spacial score (nSPS) is 10.5. The number of ether oxygens (including phenoxy) is 2. The van der Waals surface area contributed by atoms with Crippen LogP contribution in [0.15, 0.2) is 58.4 Å². The SMILES string of the molecule is C=Cc1ccc(COc2cc(C)c(OCc3ccc(C=C)o3)cc2C)o1. The summed E-state index contributed by atoms with van der Waals surface area (Å²) in [6.07, 6.45) is 3.34. The molecule has 0 fully saturated rings. The van der Waals surface area contributed by atoms with Gasteiger partial charge in [0.05, 0.1) is 0 Å². The van der Waals surface area contributed by atoms with E-state index >= 15 is 0 Å². The van der Waals surface area contributed by atoms with Gasteiger partial charge >= 0.3 is 0 Å². The van der Waals surface area contributed by atoms with Gasteiger partial charge in [0.25, 0.3) is 0 Å². The Morgan fingerprint density at radius 3 is 1.54 bits per heavy atom. The Morgan fingerprint density at radius 2 is 1.19 bits per heavy atom. The minimum atomic E-state index is 0.366. The van der Waals surface area contributed by atoms with Gasteiger partial charge in [-0.25, -0.2) is 0 Å². The zero-order valence-corrected chi connectivity index (χ0v) is 15.1. The highest BCUT2D eigenvalue weighted by Gasteiger charge is 2.09. The Labute approximate surface area is 153 Å². The molecule has 4 nitrogen and oxygen atoms in total. The van der Waals surface area contributed by atoms with E-state index in [2.05, 4.69) is 13.2 Å². The van der Waals surface area contributed by atoms with Gasteiger partial charge in [-0.2, -0.15) is 0 Å². The van der Waals surface area contributed by atoms with Crippen molar-refractivity contribution in [3.63, 3.8) is 0 Å².